The van der Waals surface area contributed by atoms with Gasteiger partial charge in [0.05, 0.1) is 11.4 Å². The van der Waals surface area contributed by atoms with Crippen molar-refractivity contribution < 1.29 is 4.52 Å². The van der Waals surface area contributed by atoms with Gasteiger partial charge in [-0.25, -0.2) is 0 Å². The van der Waals surface area contributed by atoms with Crippen molar-refractivity contribution in [3.05, 3.63) is 42.2 Å². The highest BCUT2D eigenvalue weighted by molar-refractivity contribution is 6.79. The summed E-state index contributed by atoms with van der Waals surface area (Å²) >= 11 is 0. The van der Waals surface area contributed by atoms with E-state index in [9.17, 15) is 0 Å². The molecule has 0 aromatic carbocycles. The second-order valence-corrected chi connectivity index (χ2v) is 5.22. The number of hydrogen-bond donors (Lipinski definition) is 0. The summed E-state index contributed by atoms with van der Waals surface area (Å²) < 4.78 is 5.12. The van der Waals surface area contributed by atoms with E-state index in [4.69, 9.17) is 12.4 Å². The molecule has 2 radical (unpaired) electrons. The number of fused-ring (bicyclic) bond motifs is 1. The first-order chi connectivity index (χ1) is 9.10. The monoisotopic (exact) mass is 251 g/mol. The molecule has 0 saturated carbocycles. The Kier molecular flexibility index (Phi) is 4.18. The lowest BCUT2D eigenvalue weighted by molar-refractivity contribution is 0.433. The predicted octanol–water partition coefficient (Wildman–Crippen LogP) is 2.37. The molecular formula is C15H19B2NO. The predicted molar refractivity (Wildman–Crippen MR) is 83.0 cm³/mol. The van der Waals surface area contributed by atoms with E-state index in [2.05, 4.69) is 50.6 Å². The van der Waals surface area contributed by atoms with Gasteiger partial charge in [-0.2, -0.15) is 0 Å². The third-order valence-electron chi connectivity index (χ3n) is 4.08. The average molecular weight is 251 g/mol. The van der Waals surface area contributed by atoms with Crippen molar-refractivity contribution in [1.82, 2.24) is 5.16 Å². The Hall–Kier alpha value is -1.44. The van der Waals surface area contributed by atoms with Gasteiger partial charge in [0.25, 0.3) is 0 Å². The normalized spacial score (nSPS) is 23.1. The van der Waals surface area contributed by atoms with Crippen LogP contribution in [0.2, 0.25) is 12.6 Å². The Morgan fingerprint density at radius 1 is 1.58 bits per heavy atom. The summed E-state index contributed by atoms with van der Waals surface area (Å²) in [7, 11) is 5.86. The molecule has 19 heavy (non-hydrogen) atoms. The molecule has 1 aliphatic heterocycles. The van der Waals surface area contributed by atoms with Gasteiger partial charge in [0, 0.05) is 5.92 Å². The smallest absolute Gasteiger partial charge is 0.186 e. The van der Waals surface area contributed by atoms with Crippen molar-refractivity contribution in [2.75, 3.05) is 0 Å². The second-order valence-electron chi connectivity index (χ2n) is 5.22. The standard InChI is InChI=1S/C15H19B2NO/c1-5-10(3)8-7-9-11-12(6-2)17(4)13-14(11)18-19-15(13)16/h6-9,11-12H,2,5H2,1,3-4H3/b9-7-,10-8-. The average Bonchev–Trinajstić information content (AvgIpc) is 2.90. The van der Waals surface area contributed by atoms with Gasteiger partial charge in [-0.05, 0) is 24.6 Å². The molecule has 0 amide bonds. The summed E-state index contributed by atoms with van der Waals surface area (Å²) in [5, 5.41) is 4.12. The number of nitrogens with zero attached hydrogens (tertiary/aromatic N) is 1. The molecule has 0 bridgehead atoms. The van der Waals surface area contributed by atoms with Gasteiger partial charge in [0.2, 0.25) is 0 Å². The van der Waals surface area contributed by atoms with Gasteiger partial charge >= 0.3 is 0 Å². The summed E-state index contributed by atoms with van der Waals surface area (Å²) in [6.07, 6.45) is 9.49. The fourth-order valence-electron chi connectivity index (χ4n) is 2.73. The number of hydrogen-bond acceptors (Lipinski definition) is 2. The van der Waals surface area contributed by atoms with Crippen molar-refractivity contribution >= 4 is 25.7 Å². The van der Waals surface area contributed by atoms with Crippen LogP contribution < -0.4 is 11.1 Å². The maximum atomic E-state index is 5.86. The molecule has 0 fully saturated rings. The maximum absolute atomic E-state index is 5.86. The van der Waals surface area contributed by atoms with Crippen LogP contribution in [0.3, 0.4) is 0 Å². The van der Waals surface area contributed by atoms with Crippen LogP contribution in [0.25, 0.3) is 0 Å². The van der Waals surface area contributed by atoms with Crippen LogP contribution in [-0.4, -0.2) is 19.7 Å². The van der Waals surface area contributed by atoms with Crippen LogP contribution in [0, 0.1) is 0 Å². The third-order valence-corrected chi connectivity index (χ3v) is 4.08. The molecule has 1 aromatic heterocycles. The van der Waals surface area contributed by atoms with Crippen LogP contribution in [0.15, 0.2) is 41.0 Å². The Morgan fingerprint density at radius 3 is 2.95 bits per heavy atom. The summed E-state index contributed by atoms with van der Waals surface area (Å²) in [5.41, 5.74) is 3.83. The molecular weight excluding hydrogens is 232 g/mol. The zero-order chi connectivity index (χ0) is 14.0. The highest BCUT2D eigenvalue weighted by Gasteiger charge is 2.41. The Balaban J connectivity index is 2.30. The van der Waals surface area contributed by atoms with Crippen LogP contribution in [0.1, 0.15) is 31.9 Å². The van der Waals surface area contributed by atoms with E-state index in [-0.39, 0.29) is 5.92 Å². The van der Waals surface area contributed by atoms with Gasteiger partial charge in [-0.1, -0.05) is 48.8 Å². The van der Waals surface area contributed by atoms with E-state index >= 15 is 0 Å². The number of allylic oxidation sites excluding steroid dienone is 5. The molecule has 1 aromatic rings. The molecule has 2 heterocycles. The van der Waals surface area contributed by atoms with Gasteiger partial charge in [-0.15, -0.1) is 6.58 Å². The SMILES string of the molecule is [B]c1onc2c1B(C)C(C=C)C2/C=C\C=C(\C)CC. The molecule has 0 aliphatic carbocycles. The van der Waals surface area contributed by atoms with Crippen LogP contribution >= 0.6 is 0 Å². The highest BCUT2D eigenvalue weighted by Crippen LogP contribution is 2.38. The lowest BCUT2D eigenvalue weighted by Crippen LogP contribution is -2.35. The van der Waals surface area contributed by atoms with Gasteiger partial charge in [0.1, 0.15) is 0 Å². The van der Waals surface area contributed by atoms with Crippen molar-refractivity contribution in [3.63, 3.8) is 0 Å². The molecule has 0 N–H and O–H groups in total. The minimum absolute atomic E-state index is 0.212. The Bertz CT molecular complexity index is 530. The van der Waals surface area contributed by atoms with E-state index in [1.807, 2.05) is 6.08 Å². The lowest BCUT2D eigenvalue weighted by Gasteiger charge is -2.14. The molecule has 0 spiro atoms. The zero-order valence-corrected chi connectivity index (χ0v) is 11.9. The molecule has 96 valence electrons. The van der Waals surface area contributed by atoms with Crippen molar-refractivity contribution in [3.8, 4) is 0 Å². The first-order valence-corrected chi connectivity index (χ1v) is 6.81. The van der Waals surface area contributed by atoms with Crippen molar-refractivity contribution in [2.45, 2.75) is 38.8 Å². The van der Waals surface area contributed by atoms with Crippen LogP contribution in [-0.2, 0) is 0 Å². The first kappa shape index (κ1) is 14.0. The maximum Gasteiger partial charge on any atom is 0.186 e. The molecule has 2 rings (SSSR count). The van der Waals surface area contributed by atoms with E-state index in [0.717, 1.165) is 17.6 Å². The van der Waals surface area contributed by atoms with Gasteiger partial charge in [0.15, 0.2) is 14.6 Å². The fraction of sp³-hybridized carbons (Fsp3) is 0.400. The summed E-state index contributed by atoms with van der Waals surface area (Å²) in [4.78, 5) is 0. The fourth-order valence-corrected chi connectivity index (χ4v) is 2.73. The molecule has 4 heteroatoms. The minimum Gasteiger partial charge on any atom is -0.374 e. The van der Waals surface area contributed by atoms with Crippen LogP contribution in [0.5, 0.6) is 0 Å². The third kappa shape index (κ3) is 2.49. The van der Waals surface area contributed by atoms with E-state index in [1.54, 1.807) is 0 Å². The topological polar surface area (TPSA) is 26.0 Å². The van der Waals surface area contributed by atoms with Crippen molar-refractivity contribution in [2.24, 2.45) is 0 Å². The summed E-state index contributed by atoms with van der Waals surface area (Å²) in [5.74, 6) is 0.548. The van der Waals surface area contributed by atoms with E-state index < -0.39 is 0 Å². The zero-order valence-electron chi connectivity index (χ0n) is 11.9. The van der Waals surface area contributed by atoms with Gasteiger partial charge < -0.3 is 4.52 Å². The summed E-state index contributed by atoms with van der Waals surface area (Å²) in [6.45, 7) is 10.7. The highest BCUT2D eigenvalue weighted by atomic mass is 16.5. The Morgan fingerprint density at radius 2 is 2.32 bits per heavy atom. The number of rotatable bonds is 4. The van der Waals surface area contributed by atoms with Crippen LogP contribution in [0.4, 0.5) is 0 Å². The van der Waals surface area contributed by atoms with E-state index in [1.165, 1.54) is 5.57 Å². The Labute approximate surface area is 117 Å². The molecule has 2 atom stereocenters. The van der Waals surface area contributed by atoms with E-state index in [0.29, 0.717) is 18.2 Å². The van der Waals surface area contributed by atoms with Gasteiger partial charge in [-0.3, -0.25) is 0 Å². The van der Waals surface area contributed by atoms with Crippen molar-refractivity contribution in [1.29, 1.82) is 0 Å². The molecule has 1 aliphatic rings. The first-order valence-electron chi connectivity index (χ1n) is 6.81. The largest absolute Gasteiger partial charge is 0.374 e. The molecule has 2 nitrogen and oxygen atoms in total. The molecule has 0 saturated heterocycles. The lowest BCUT2D eigenvalue weighted by atomic mass is 9.40. The minimum atomic E-state index is 0.212. The molecule has 2 unspecified atom stereocenters. The quantitative estimate of drug-likeness (QED) is 0.466. The summed E-state index contributed by atoms with van der Waals surface area (Å²) in [6, 6.07) is 0. The second kappa shape index (κ2) is 5.68. The number of aromatic nitrogens is 1.